The molecule has 2 heterocycles. The fraction of sp³-hybridized carbons (Fsp3) is 0.917. The lowest BCUT2D eigenvalue weighted by Crippen LogP contribution is -2.56. The number of piperidine rings is 1. The molecule has 0 bridgehead atoms. The number of amides is 1. The maximum absolute atomic E-state index is 12.8. The Bertz CT molecular complexity index is 293. The van der Waals surface area contributed by atoms with Gasteiger partial charge in [0.25, 0.3) is 0 Å². The predicted molar refractivity (Wildman–Crippen MR) is 62.6 cm³/mol. The minimum Gasteiger partial charge on any atom is -0.381 e. The van der Waals surface area contributed by atoms with Crippen LogP contribution in [-0.2, 0) is 9.53 Å². The molecular formula is C12H19F3N2O2. The molecule has 2 saturated heterocycles. The molecule has 0 aromatic heterocycles. The summed E-state index contributed by atoms with van der Waals surface area (Å²) in [6, 6.07) is -0.649. The third-order valence-corrected chi connectivity index (χ3v) is 3.76. The molecule has 2 rings (SSSR count). The molecule has 0 aromatic rings. The van der Waals surface area contributed by atoms with Gasteiger partial charge in [-0.3, -0.25) is 4.79 Å². The molecule has 2 aliphatic rings. The first-order chi connectivity index (χ1) is 9.00. The van der Waals surface area contributed by atoms with Gasteiger partial charge in [0.1, 0.15) is 0 Å². The smallest absolute Gasteiger partial charge is 0.381 e. The minimum absolute atomic E-state index is 0.307. The van der Waals surface area contributed by atoms with Gasteiger partial charge in [0.05, 0.1) is 0 Å². The summed E-state index contributed by atoms with van der Waals surface area (Å²) < 4.78 is 43.5. The summed E-state index contributed by atoms with van der Waals surface area (Å²) in [7, 11) is 0. The van der Waals surface area contributed by atoms with E-state index in [0.29, 0.717) is 52.0 Å². The summed E-state index contributed by atoms with van der Waals surface area (Å²) in [6.45, 7) is 2.18. The summed E-state index contributed by atoms with van der Waals surface area (Å²) in [5.74, 6) is -1.69. The van der Waals surface area contributed by atoms with Gasteiger partial charge in [-0.15, -0.1) is 0 Å². The van der Waals surface area contributed by atoms with Crippen molar-refractivity contribution < 1.29 is 22.7 Å². The first kappa shape index (κ1) is 14.6. The van der Waals surface area contributed by atoms with Crippen LogP contribution >= 0.6 is 0 Å². The number of hydrogen-bond donors (Lipinski definition) is 1. The van der Waals surface area contributed by atoms with Crippen LogP contribution in [0.25, 0.3) is 0 Å². The van der Waals surface area contributed by atoms with Gasteiger partial charge in [-0.25, -0.2) is 0 Å². The molecule has 110 valence electrons. The second-order valence-corrected chi connectivity index (χ2v) is 5.03. The SMILES string of the molecule is O=C(N(C1CCNCC1)C1CCOCC1)C(F)(F)F. The van der Waals surface area contributed by atoms with Crippen molar-refractivity contribution in [3.8, 4) is 0 Å². The van der Waals surface area contributed by atoms with E-state index >= 15 is 0 Å². The van der Waals surface area contributed by atoms with Crippen LogP contribution in [-0.4, -0.2) is 55.4 Å². The number of alkyl halides is 3. The fourth-order valence-corrected chi connectivity index (χ4v) is 2.82. The summed E-state index contributed by atoms with van der Waals surface area (Å²) in [5.41, 5.74) is 0. The number of halogens is 3. The van der Waals surface area contributed by atoms with Crippen molar-refractivity contribution in [3.05, 3.63) is 0 Å². The highest BCUT2D eigenvalue weighted by atomic mass is 19.4. The Balaban J connectivity index is 2.13. The molecule has 2 fully saturated rings. The number of hydrogen-bond acceptors (Lipinski definition) is 3. The standard InChI is InChI=1S/C12H19F3N2O2/c13-12(14,15)11(18)17(9-1-5-16-6-2-9)10-3-7-19-8-4-10/h9-10,16H,1-8H2. The fourth-order valence-electron chi connectivity index (χ4n) is 2.82. The van der Waals surface area contributed by atoms with Crippen LogP contribution < -0.4 is 5.32 Å². The average Bonchev–Trinajstić information content (AvgIpc) is 2.40. The molecule has 0 atom stereocenters. The Morgan fingerprint density at radius 1 is 1.05 bits per heavy atom. The monoisotopic (exact) mass is 280 g/mol. The first-order valence-corrected chi connectivity index (χ1v) is 6.68. The number of rotatable bonds is 2. The van der Waals surface area contributed by atoms with Gasteiger partial charge < -0.3 is 15.0 Å². The van der Waals surface area contributed by atoms with Gasteiger partial charge in [-0.2, -0.15) is 13.2 Å². The Labute approximate surface area is 110 Å². The average molecular weight is 280 g/mol. The van der Waals surface area contributed by atoms with E-state index in [-0.39, 0.29) is 12.1 Å². The molecule has 1 N–H and O–H groups in total. The van der Waals surface area contributed by atoms with Crippen molar-refractivity contribution >= 4 is 5.91 Å². The number of nitrogens with one attached hydrogen (secondary N) is 1. The summed E-state index contributed by atoms with van der Waals surface area (Å²) in [6.07, 6.45) is -2.64. The zero-order chi connectivity index (χ0) is 13.9. The summed E-state index contributed by atoms with van der Waals surface area (Å²) in [4.78, 5) is 12.8. The number of carbonyl (C=O) groups is 1. The van der Waals surface area contributed by atoms with E-state index < -0.39 is 12.1 Å². The molecule has 0 aromatic carbocycles. The Morgan fingerprint density at radius 2 is 1.58 bits per heavy atom. The van der Waals surface area contributed by atoms with Crippen molar-refractivity contribution in [3.63, 3.8) is 0 Å². The molecule has 7 heteroatoms. The van der Waals surface area contributed by atoms with Crippen molar-refractivity contribution in [2.75, 3.05) is 26.3 Å². The Hall–Kier alpha value is -0.820. The van der Waals surface area contributed by atoms with E-state index in [1.165, 1.54) is 0 Å². The van der Waals surface area contributed by atoms with Gasteiger partial charge in [0.15, 0.2) is 0 Å². The molecular weight excluding hydrogens is 261 g/mol. The molecule has 4 nitrogen and oxygen atoms in total. The van der Waals surface area contributed by atoms with Gasteiger partial charge in [-0.1, -0.05) is 0 Å². The topological polar surface area (TPSA) is 41.6 Å². The van der Waals surface area contributed by atoms with Crippen LogP contribution in [0, 0.1) is 0 Å². The second kappa shape index (κ2) is 6.09. The van der Waals surface area contributed by atoms with E-state index in [4.69, 9.17) is 4.74 Å². The highest BCUT2D eigenvalue weighted by Gasteiger charge is 2.47. The molecule has 0 spiro atoms. The van der Waals surface area contributed by atoms with Crippen molar-refractivity contribution in [1.82, 2.24) is 10.2 Å². The number of ether oxygens (including phenoxy) is 1. The Morgan fingerprint density at radius 3 is 2.11 bits per heavy atom. The van der Waals surface area contributed by atoms with Crippen LogP contribution in [0.1, 0.15) is 25.7 Å². The minimum atomic E-state index is -4.79. The van der Waals surface area contributed by atoms with Crippen LogP contribution in [0.2, 0.25) is 0 Å². The van der Waals surface area contributed by atoms with Gasteiger partial charge >= 0.3 is 12.1 Å². The number of nitrogens with zero attached hydrogens (tertiary/aromatic N) is 1. The Kier molecular flexibility index (Phi) is 4.67. The quantitative estimate of drug-likeness (QED) is 0.829. The largest absolute Gasteiger partial charge is 0.471 e. The molecule has 2 aliphatic heterocycles. The van der Waals surface area contributed by atoms with Gasteiger partial charge in [0.2, 0.25) is 0 Å². The van der Waals surface area contributed by atoms with E-state index in [1.807, 2.05) is 0 Å². The van der Waals surface area contributed by atoms with Crippen LogP contribution in [0.3, 0.4) is 0 Å². The van der Waals surface area contributed by atoms with Gasteiger partial charge in [-0.05, 0) is 38.8 Å². The third-order valence-electron chi connectivity index (χ3n) is 3.76. The van der Waals surface area contributed by atoms with Crippen molar-refractivity contribution in [1.29, 1.82) is 0 Å². The summed E-state index contributed by atoms with van der Waals surface area (Å²) >= 11 is 0. The normalized spacial score (nSPS) is 23.3. The number of carbonyl (C=O) groups excluding carboxylic acids is 1. The van der Waals surface area contributed by atoms with E-state index in [1.54, 1.807) is 0 Å². The predicted octanol–water partition coefficient (Wildman–Crippen LogP) is 1.31. The highest BCUT2D eigenvalue weighted by Crippen LogP contribution is 2.28. The van der Waals surface area contributed by atoms with E-state index in [2.05, 4.69) is 5.32 Å². The van der Waals surface area contributed by atoms with Gasteiger partial charge in [0, 0.05) is 25.3 Å². The summed E-state index contributed by atoms with van der Waals surface area (Å²) in [5, 5.41) is 3.11. The van der Waals surface area contributed by atoms with Crippen LogP contribution in [0.4, 0.5) is 13.2 Å². The maximum Gasteiger partial charge on any atom is 0.471 e. The van der Waals surface area contributed by atoms with Crippen molar-refractivity contribution in [2.24, 2.45) is 0 Å². The second-order valence-electron chi connectivity index (χ2n) is 5.03. The highest BCUT2D eigenvalue weighted by molar-refractivity contribution is 5.82. The molecule has 1 amide bonds. The first-order valence-electron chi connectivity index (χ1n) is 6.68. The lowest BCUT2D eigenvalue weighted by Gasteiger charge is -2.41. The molecule has 0 aliphatic carbocycles. The van der Waals surface area contributed by atoms with Crippen LogP contribution in [0.5, 0.6) is 0 Å². The lowest BCUT2D eigenvalue weighted by atomic mass is 9.98. The van der Waals surface area contributed by atoms with E-state index in [9.17, 15) is 18.0 Å². The van der Waals surface area contributed by atoms with Crippen LogP contribution in [0.15, 0.2) is 0 Å². The maximum atomic E-state index is 12.8. The molecule has 19 heavy (non-hydrogen) atoms. The zero-order valence-corrected chi connectivity index (χ0v) is 10.7. The van der Waals surface area contributed by atoms with E-state index in [0.717, 1.165) is 4.90 Å². The zero-order valence-electron chi connectivity index (χ0n) is 10.7. The van der Waals surface area contributed by atoms with Crippen molar-refractivity contribution in [2.45, 2.75) is 43.9 Å². The third kappa shape index (κ3) is 3.60. The molecule has 0 saturated carbocycles. The molecule has 0 radical (unpaired) electrons. The lowest BCUT2D eigenvalue weighted by molar-refractivity contribution is -0.193. The molecule has 0 unspecified atom stereocenters.